The third-order valence-electron chi connectivity index (χ3n) is 7.60. The first-order valence-corrected chi connectivity index (χ1v) is 14.6. The molecule has 0 aliphatic carbocycles. The summed E-state index contributed by atoms with van der Waals surface area (Å²) >= 11 is 0. The lowest BCUT2D eigenvalue weighted by molar-refractivity contribution is 0.0914. The molecule has 0 aliphatic rings. The van der Waals surface area contributed by atoms with E-state index in [4.69, 9.17) is 19.4 Å². The van der Waals surface area contributed by atoms with Crippen LogP contribution in [0.2, 0.25) is 0 Å². The lowest BCUT2D eigenvalue weighted by Crippen LogP contribution is -2.42. The molecule has 6 rings (SSSR count). The summed E-state index contributed by atoms with van der Waals surface area (Å²) in [6.07, 6.45) is 0. The fourth-order valence-electron chi connectivity index (χ4n) is 5.28. The topological polar surface area (TPSA) is 102 Å². The number of pyridine rings is 2. The SMILES string of the molecule is COc1cccc(-c2cc(C(=O)NCC(C)NC(=O)c3cc(-c4cccc(OC)c4)nc4ccccc34)c3ccccc3n2)c1. The van der Waals surface area contributed by atoms with Crippen molar-refractivity contribution in [3.63, 3.8) is 0 Å². The standard InChI is InChI=1S/C37H32N4O4/c1-23(39-37(43)31-21-35(25-11-9-13-27(19-25)45-3)41-33-17-7-5-15-29(31)33)22-38-36(42)30-20-34(24-10-8-12-26(18-24)44-2)40-32-16-6-4-14-28(30)32/h4-21,23H,22H2,1-3H3,(H,38,42)(H,39,43). The molecule has 0 saturated carbocycles. The van der Waals surface area contributed by atoms with Gasteiger partial charge in [-0.05, 0) is 55.5 Å². The molecule has 224 valence electrons. The molecule has 2 amide bonds. The monoisotopic (exact) mass is 596 g/mol. The van der Waals surface area contributed by atoms with Crippen LogP contribution in [0.5, 0.6) is 11.5 Å². The van der Waals surface area contributed by atoms with Crippen LogP contribution in [0.1, 0.15) is 27.6 Å². The fraction of sp³-hybridized carbons (Fsp3) is 0.135. The first-order chi connectivity index (χ1) is 21.9. The summed E-state index contributed by atoms with van der Waals surface area (Å²) in [5, 5.41) is 7.54. The average Bonchev–Trinajstić information content (AvgIpc) is 3.09. The minimum atomic E-state index is -0.361. The van der Waals surface area contributed by atoms with E-state index in [-0.39, 0.29) is 24.4 Å². The maximum Gasteiger partial charge on any atom is 0.252 e. The van der Waals surface area contributed by atoms with Crippen molar-refractivity contribution < 1.29 is 19.1 Å². The second kappa shape index (κ2) is 12.9. The third kappa shape index (κ3) is 6.31. The molecule has 6 aromatic rings. The summed E-state index contributed by atoms with van der Waals surface area (Å²) in [5.41, 5.74) is 5.42. The van der Waals surface area contributed by atoms with Crippen LogP contribution < -0.4 is 20.1 Å². The van der Waals surface area contributed by atoms with Crippen molar-refractivity contribution in [3.8, 4) is 34.0 Å². The highest BCUT2D eigenvalue weighted by atomic mass is 16.5. The molecule has 0 saturated heterocycles. The summed E-state index contributed by atoms with van der Waals surface area (Å²) in [7, 11) is 3.23. The number of ether oxygens (including phenoxy) is 2. The first kappa shape index (κ1) is 29.3. The highest BCUT2D eigenvalue weighted by Gasteiger charge is 2.18. The molecule has 2 heterocycles. The zero-order valence-corrected chi connectivity index (χ0v) is 25.2. The van der Waals surface area contributed by atoms with Gasteiger partial charge in [-0.1, -0.05) is 60.7 Å². The summed E-state index contributed by atoms with van der Waals surface area (Å²) in [4.78, 5) is 36.8. The van der Waals surface area contributed by atoms with Crippen LogP contribution in [0, 0.1) is 0 Å². The Hall–Kier alpha value is -5.76. The number of aromatic nitrogens is 2. The maximum atomic E-state index is 13.6. The largest absolute Gasteiger partial charge is 0.497 e. The minimum Gasteiger partial charge on any atom is -0.497 e. The van der Waals surface area contributed by atoms with Crippen LogP contribution in [0.25, 0.3) is 44.3 Å². The number of hydrogen-bond donors (Lipinski definition) is 2. The number of benzene rings is 4. The summed E-state index contributed by atoms with van der Waals surface area (Å²) in [5.74, 6) is 0.897. The predicted molar refractivity (Wildman–Crippen MR) is 177 cm³/mol. The van der Waals surface area contributed by atoms with Gasteiger partial charge in [-0.15, -0.1) is 0 Å². The number of carbonyl (C=O) groups is 2. The fourth-order valence-corrected chi connectivity index (χ4v) is 5.28. The van der Waals surface area contributed by atoms with Crippen LogP contribution in [-0.2, 0) is 0 Å². The van der Waals surface area contributed by atoms with E-state index in [0.717, 1.165) is 21.9 Å². The van der Waals surface area contributed by atoms with E-state index in [9.17, 15) is 9.59 Å². The quantitative estimate of drug-likeness (QED) is 0.193. The number of methoxy groups -OCH3 is 2. The van der Waals surface area contributed by atoms with Crippen molar-refractivity contribution in [1.29, 1.82) is 0 Å². The molecular weight excluding hydrogens is 564 g/mol. The Morgan fingerprint density at radius 2 is 1.13 bits per heavy atom. The zero-order chi connectivity index (χ0) is 31.3. The van der Waals surface area contributed by atoms with Crippen molar-refractivity contribution in [1.82, 2.24) is 20.6 Å². The third-order valence-corrected chi connectivity index (χ3v) is 7.60. The average molecular weight is 597 g/mol. The van der Waals surface area contributed by atoms with Crippen LogP contribution in [0.15, 0.2) is 109 Å². The van der Waals surface area contributed by atoms with Crippen LogP contribution in [-0.4, -0.2) is 48.6 Å². The Balaban J connectivity index is 1.22. The van der Waals surface area contributed by atoms with Gasteiger partial charge in [-0.25, -0.2) is 9.97 Å². The second-order valence-electron chi connectivity index (χ2n) is 10.7. The number of carbonyl (C=O) groups excluding carboxylic acids is 2. The highest BCUT2D eigenvalue weighted by molar-refractivity contribution is 6.08. The van der Waals surface area contributed by atoms with Gasteiger partial charge in [0.05, 0.1) is 47.8 Å². The maximum absolute atomic E-state index is 13.6. The van der Waals surface area contributed by atoms with Crippen LogP contribution >= 0.6 is 0 Å². The molecule has 4 aromatic carbocycles. The van der Waals surface area contributed by atoms with Gasteiger partial charge in [0.1, 0.15) is 11.5 Å². The van der Waals surface area contributed by atoms with E-state index in [2.05, 4.69) is 10.6 Å². The smallest absolute Gasteiger partial charge is 0.252 e. The Morgan fingerprint density at radius 1 is 0.644 bits per heavy atom. The van der Waals surface area contributed by atoms with Gasteiger partial charge < -0.3 is 20.1 Å². The van der Waals surface area contributed by atoms with E-state index in [1.165, 1.54) is 0 Å². The van der Waals surface area contributed by atoms with Crippen molar-refractivity contribution in [2.45, 2.75) is 13.0 Å². The first-order valence-electron chi connectivity index (χ1n) is 14.6. The number of fused-ring (bicyclic) bond motifs is 2. The Kier molecular flexibility index (Phi) is 8.37. The minimum absolute atomic E-state index is 0.224. The Bertz CT molecular complexity index is 2040. The lowest BCUT2D eigenvalue weighted by atomic mass is 10.0. The van der Waals surface area contributed by atoms with Gasteiger partial charge in [-0.2, -0.15) is 0 Å². The van der Waals surface area contributed by atoms with Crippen molar-refractivity contribution in [2.24, 2.45) is 0 Å². The van der Waals surface area contributed by atoms with Crippen molar-refractivity contribution in [3.05, 3.63) is 120 Å². The molecule has 2 aromatic heterocycles. The van der Waals surface area contributed by atoms with Gasteiger partial charge >= 0.3 is 0 Å². The molecule has 0 radical (unpaired) electrons. The van der Waals surface area contributed by atoms with E-state index >= 15 is 0 Å². The lowest BCUT2D eigenvalue weighted by Gasteiger charge is -2.17. The molecule has 0 bridgehead atoms. The molecule has 1 atom stereocenters. The molecule has 8 heteroatoms. The van der Waals surface area contributed by atoms with E-state index in [1.807, 2.05) is 104 Å². The Morgan fingerprint density at radius 3 is 1.64 bits per heavy atom. The van der Waals surface area contributed by atoms with Crippen molar-refractivity contribution >= 4 is 33.6 Å². The molecule has 1 unspecified atom stereocenters. The number of hydrogen-bond acceptors (Lipinski definition) is 6. The number of nitrogens with zero attached hydrogens (tertiary/aromatic N) is 2. The molecule has 8 nitrogen and oxygen atoms in total. The number of amides is 2. The zero-order valence-electron chi connectivity index (χ0n) is 25.2. The van der Waals surface area contributed by atoms with E-state index < -0.39 is 0 Å². The van der Waals surface area contributed by atoms with Crippen LogP contribution in [0.4, 0.5) is 0 Å². The van der Waals surface area contributed by atoms with E-state index in [0.29, 0.717) is 45.0 Å². The molecule has 0 fully saturated rings. The Labute approximate surface area is 261 Å². The predicted octanol–water partition coefficient (Wildman–Crippen LogP) is 6.68. The van der Waals surface area contributed by atoms with Gasteiger partial charge in [0, 0.05) is 34.5 Å². The molecule has 2 N–H and O–H groups in total. The van der Waals surface area contributed by atoms with Gasteiger partial charge in [0.15, 0.2) is 0 Å². The normalized spacial score (nSPS) is 11.6. The van der Waals surface area contributed by atoms with Crippen molar-refractivity contribution in [2.75, 3.05) is 20.8 Å². The summed E-state index contributed by atoms with van der Waals surface area (Å²) in [6, 6.07) is 33.5. The molecule has 45 heavy (non-hydrogen) atoms. The summed E-state index contributed by atoms with van der Waals surface area (Å²) < 4.78 is 10.8. The van der Waals surface area contributed by atoms with Gasteiger partial charge in [-0.3, -0.25) is 9.59 Å². The van der Waals surface area contributed by atoms with Gasteiger partial charge in [0.2, 0.25) is 0 Å². The number of nitrogens with one attached hydrogen (secondary N) is 2. The molecule has 0 spiro atoms. The van der Waals surface area contributed by atoms with E-state index in [1.54, 1.807) is 26.4 Å². The molecular formula is C37H32N4O4. The number of rotatable bonds is 9. The highest BCUT2D eigenvalue weighted by Crippen LogP contribution is 2.29. The second-order valence-corrected chi connectivity index (χ2v) is 10.7. The number of para-hydroxylation sites is 2. The van der Waals surface area contributed by atoms with Gasteiger partial charge in [0.25, 0.3) is 11.8 Å². The molecule has 0 aliphatic heterocycles. The summed E-state index contributed by atoms with van der Waals surface area (Å²) in [6.45, 7) is 2.08. The van der Waals surface area contributed by atoms with Crippen LogP contribution in [0.3, 0.4) is 0 Å².